The Morgan fingerprint density at radius 1 is 0.481 bits per heavy atom. The zero-order valence-electron chi connectivity index (χ0n) is 39.0. The van der Waals surface area contributed by atoms with Gasteiger partial charge in [0.1, 0.15) is 26.2 Å². The van der Waals surface area contributed by atoms with Crippen molar-refractivity contribution in [2.75, 3.05) is 21.3 Å². The molecule has 0 bridgehead atoms. The fourth-order valence-electron chi connectivity index (χ4n) is 6.70. The van der Waals surface area contributed by atoms with Gasteiger partial charge in [-0.3, -0.25) is 18.2 Å². The van der Waals surface area contributed by atoms with Crippen molar-refractivity contribution < 1.29 is 84.7 Å². The van der Waals surface area contributed by atoms with E-state index in [1.165, 1.54) is 30.3 Å². The van der Waals surface area contributed by atoms with Gasteiger partial charge in [0.25, 0.3) is 40.5 Å². The van der Waals surface area contributed by atoms with Crippen molar-refractivity contribution in [3.05, 3.63) is 145 Å². The van der Waals surface area contributed by atoms with E-state index in [2.05, 4.69) is 60.5 Å². The lowest BCUT2D eigenvalue weighted by Gasteiger charge is -2.14. The lowest BCUT2D eigenvalue weighted by Crippen LogP contribution is -2.09. The minimum absolute atomic E-state index is 0.0933. The third kappa shape index (κ3) is 15.3. The molecule has 0 saturated carbocycles. The largest absolute Gasteiger partial charge is 0.424 e. The first-order valence-electron chi connectivity index (χ1n) is 21.3. The maximum Gasteiger partial charge on any atom is 0.328 e. The monoisotopic (exact) mass is 1200 g/mol. The summed E-state index contributed by atoms with van der Waals surface area (Å²) in [5.41, 5.74) is -1.30. The highest BCUT2D eigenvalue weighted by atomic mass is 32.2. The Balaban J connectivity index is 1.10. The molecule has 0 aliphatic heterocycles. The predicted octanol–water partition coefficient (Wildman–Crippen LogP) is 7.78. The summed E-state index contributed by atoms with van der Waals surface area (Å²) in [6.45, 7) is 0. The van der Waals surface area contributed by atoms with Gasteiger partial charge < -0.3 is 35.3 Å². The number of nitrogens with one attached hydrogen (secondary N) is 4. The van der Waals surface area contributed by atoms with E-state index in [0.29, 0.717) is 12.0 Å². The summed E-state index contributed by atoms with van der Waals surface area (Å²) < 4.78 is 178. The van der Waals surface area contributed by atoms with Crippen LogP contribution in [0.4, 0.5) is 46.5 Å². The average molecular weight is 1200 g/mol. The van der Waals surface area contributed by atoms with Crippen LogP contribution in [0.3, 0.4) is 0 Å². The first kappa shape index (κ1) is 57.0. The second-order valence-electron chi connectivity index (χ2n) is 15.4. The minimum atomic E-state index is -5.10. The molecule has 1 atom stereocenters. The molecular formula is C44H34N10O19S6. The quantitative estimate of drug-likeness (QED) is 0.00772. The molecule has 0 radical (unpaired) electrons. The molecule has 0 spiro atoms. The van der Waals surface area contributed by atoms with Gasteiger partial charge in [-0.1, -0.05) is 65.7 Å². The molecular weight excluding hydrogens is 1160 g/mol. The SMILES string of the molecule is O=S(O)c1ccc(S(=O)(=O)O)cc1Nc1nc(Nc2ccc(C=Cc3ccc(Nc4nc(Nc5cc(SOOO)ccc5S(=O)(=O)O)nc(Oc5ccccc5)n4)cc3S(=O)(=O)O)c(S(=O)(=O)O)c2)nc(Oc2ccccc2)n1. The molecule has 2 aromatic heterocycles. The summed E-state index contributed by atoms with van der Waals surface area (Å²) in [6, 6.07) is 28.1. The van der Waals surface area contributed by atoms with Gasteiger partial charge in [0.2, 0.25) is 23.8 Å². The Morgan fingerprint density at radius 3 is 1.37 bits per heavy atom. The van der Waals surface area contributed by atoms with Crippen molar-refractivity contribution in [2.45, 2.75) is 29.4 Å². The first-order valence-corrected chi connectivity index (χ1v) is 28.9. The van der Waals surface area contributed by atoms with Crippen LogP contribution in [0.2, 0.25) is 0 Å². The molecule has 0 amide bonds. The van der Waals surface area contributed by atoms with Gasteiger partial charge in [-0.25, -0.2) is 9.47 Å². The summed E-state index contributed by atoms with van der Waals surface area (Å²) in [5.74, 6) is -1.12. The Hall–Kier alpha value is -8.14. The summed E-state index contributed by atoms with van der Waals surface area (Å²) in [7, 11) is -19.9. The smallest absolute Gasteiger partial charge is 0.328 e. The average Bonchev–Trinajstić information content (AvgIpc) is 3.38. The minimum Gasteiger partial charge on any atom is -0.424 e. The molecule has 0 aliphatic carbocycles. The second-order valence-corrected chi connectivity index (χ2v) is 22.7. The normalized spacial score (nSPS) is 12.4. The molecule has 6 aromatic carbocycles. The number of nitrogens with zero attached hydrogens (tertiary/aromatic N) is 6. The Morgan fingerprint density at radius 2 is 0.937 bits per heavy atom. The molecule has 410 valence electrons. The summed E-state index contributed by atoms with van der Waals surface area (Å²) in [4.78, 5) is 22.1. The van der Waals surface area contributed by atoms with Crippen molar-refractivity contribution >= 4 is 122 Å². The van der Waals surface area contributed by atoms with E-state index in [4.69, 9.17) is 14.7 Å². The van der Waals surface area contributed by atoms with E-state index in [1.807, 2.05) is 0 Å². The number of benzene rings is 6. The van der Waals surface area contributed by atoms with Crippen LogP contribution in [0, 0.1) is 0 Å². The number of aromatic nitrogens is 6. The lowest BCUT2D eigenvalue weighted by atomic mass is 10.1. The van der Waals surface area contributed by atoms with Crippen molar-refractivity contribution in [3.8, 4) is 23.5 Å². The number of hydrogen-bond donors (Lipinski definition) is 10. The van der Waals surface area contributed by atoms with Gasteiger partial charge in [0, 0.05) is 16.3 Å². The maximum atomic E-state index is 12.9. The molecule has 29 nitrogen and oxygen atoms in total. The number of anilines is 8. The van der Waals surface area contributed by atoms with E-state index in [-0.39, 0.29) is 67.1 Å². The molecule has 0 aliphatic rings. The molecule has 35 heteroatoms. The van der Waals surface area contributed by atoms with E-state index >= 15 is 0 Å². The van der Waals surface area contributed by atoms with Crippen molar-refractivity contribution in [2.24, 2.45) is 0 Å². The summed E-state index contributed by atoms with van der Waals surface area (Å²) in [5, 5.41) is 22.9. The zero-order valence-corrected chi connectivity index (χ0v) is 43.9. The highest BCUT2D eigenvalue weighted by Crippen LogP contribution is 2.34. The molecule has 8 rings (SSSR count). The van der Waals surface area contributed by atoms with Crippen LogP contribution in [0.25, 0.3) is 12.2 Å². The lowest BCUT2D eigenvalue weighted by molar-refractivity contribution is -0.432. The van der Waals surface area contributed by atoms with Gasteiger partial charge in [-0.05, 0) is 96.1 Å². The zero-order chi connectivity index (χ0) is 56.7. The Labute approximate surface area is 453 Å². The highest BCUT2D eigenvalue weighted by Gasteiger charge is 2.23. The third-order valence-electron chi connectivity index (χ3n) is 9.99. The third-order valence-corrected chi connectivity index (χ3v) is 14.9. The number of ether oxygens (including phenoxy) is 2. The standard InChI is InChI=1S/C44H34N10O19S6/c55-72-73-74-31-17-20-36(77(61,62)63)34(23-31)48-42-50-40(52-44(54-42)71-30-9-5-2-6-10-30)46-28-16-14-26(38(22-28)79(67,68)69)12-11-25-13-15-27(21-37(25)78(64,65)66)45-39-49-41(53-43(51-39)70-29-7-3-1-4-8-29)47-33-24-32(76(58,59)60)18-19-35(33)75(56)57/h1-24,55H,(H,56,57)(H,58,59,60)(H,61,62,63)(H,64,65,66)(H,67,68,69)(H2,45,47,49,51,53)(H2,46,48,50,52,54). The fourth-order valence-corrected chi connectivity index (χ4v) is 10.1. The van der Waals surface area contributed by atoms with E-state index in [9.17, 15) is 60.6 Å². The number of hydrogen-bond acceptors (Lipinski definition) is 25. The Kier molecular flexibility index (Phi) is 17.2. The molecule has 0 fully saturated rings. The molecule has 79 heavy (non-hydrogen) atoms. The van der Waals surface area contributed by atoms with Crippen molar-refractivity contribution in [1.29, 1.82) is 0 Å². The topological polar surface area (TPSA) is 437 Å². The van der Waals surface area contributed by atoms with Crippen LogP contribution in [-0.2, 0) is 60.9 Å². The van der Waals surface area contributed by atoms with Crippen LogP contribution >= 0.6 is 12.0 Å². The first-order chi connectivity index (χ1) is 37.4. The fraction of sp³-hybridized carbons (Fsp3) is 0. The second kappa shape index (κ2) is 23.8. The highest BCUT2D eigenvalue weighted by molar-refractivity contribution is 7.94. The van der Waals surface area contributed by atoms with Crippen LogP contribution < -0.4 is 30.7 Å². The Bertz CT molecular complexity index is 4140. The molecule has 0 saturated heterocycles. The van der Waals surface area contributed by atoms with Crippen LogP contribution in [0.1, 0.15) is 11.1 Å². The van der Waals surface area contributed by atoms with Crippen LogP contribution in [0.15, 0.2) is 163 Å². The van der Waals surface area contributed by atoms with Gasteiger partial charge in [0.05, 0.1) is 33.2 Å². The van der Waals surface area contributed by atoms with Crippen molar-refractivity contribution in [1.82, 2.24) is 29.9 Å². The van der Waals surface area contributed by atoms with Crippen molar-refractivity contribution in [3.63, 3.8) is 0 Å². The predicted molar refractivity (Wildman–Crippen MR) is 279 cm³/mol. The number of para-hydroxylation sites is 2. The van der Waals surface area contributed by atoms with E-state index in [0.717, 1.165) is 54.6 Å². The van der Waals surface area contributed by atoms with Gasteiger partial charge in [-0.2, -0.15) is 63.6 Å². The molecule has 1 unspecified atom stereocenters. The summed E-state index contributed by atoms with van der Waals surface area (Å²) in [6.07, 6.45) is 2.19. The molecule has 2 heterocycles. The van der Waals surface area contributed by atoms with Gasteiger partial charge in [-0.15, -0.1) is 4.33 Å². The van der Waals surface area contributed by atoms with Gasteiger partial charge in [0.15, 0.2) is 11.1 Å². The molecule has 8 aromatic rings. The van der Waals surface area contributed by atoms with Crippen LogP contribution in [-0.4, -0.2) is 95.8 Å². The molecule has 10 N–H and O–H groups in total. The van der Waals surface area contributed by atoms with Gasteiger partial charge >= 0.3 is 12.0 Å². The number of rotatable bonds is 22. The summed E-state index contributed by atoms with van der Waals surface area (Å²) >= 11 is -2.26. The van der Waals surface area contributed by atoms with E-state index in [1.54, 1.807) is 60.7 Å². The van der Waals surface area contributed by atoms with Crippen LogP contribution in [0.5, 0.6) is 23.5 Å². The maximum absolute atomic E-state index is 12.9. The van der Waals surface area contributed by atoms with E-state index < -0.39 is 95.1 Å².